The number of rotatable bonds is 7. The summed E-state index contributed by atoms with van der Waals surface area (Å²) in [7, 11) is 0. The Morgan fingerprint density at radius 2 is 1.69 bits per heavy atom. The average Bonchev–Trinajstić information content (AvgIpc) is 3.56. The number of hydrogen-bond acceptors (Lipinski definition) is 7. The highest BCUT2D eigenvalue weighted by atomic mass is 35.5. The maximum atomic E-state index is 14.5. The Kier molecular flexibility index (Phi) is 9.52. The summed E-state index contributed by atoms with van der Waals surface area (Å²) in [4.78, 5) is 52.0. The first kappa shape index (κ1) is 35.8. The number of nitrogens with one attached hydrogen (secondary N) is 1. The van der Waals surface area contributed by atoms with Crippen molar-refractivity contribution in [2.24, 2.45) is 5.41 Å². The molecule has 8 nitrogen and oxygen atoms in total. The number of para-hydroxylation sites is 1. The molecule has 2 saturated heterocycles. The molecule has 5 aromatic rings. The minimum Gasteiger partial charge on any atom is -0.381 e. The number of amides is 2. The molecule has 280 valence electrons. The van der Waals surface area contributed by atoms with Gasteiger partial charge in [0, 0.05) is 82.7 Å². The third-order valence-corrected chi connectivity index (χ3v) is 13.2. The minimum absolute atomic E-state index is 0.131. The van der Waals surface area contributed by atoms with Crippen molar-refractivity contribution in [1.82, 2.24) is 4.98 Å². The van der Waals surface area contributed by atoms with Gasteiger partial charge in [-0.3, -0.25) is 14.4 Å². The van der Waals surface area contributed by atoms with E-state index in [4.69, 9.17) is 21.3 Å². The maximum absolute atomic E-state index is 14.5. The highest BCUT2D eigenvalue weighted by molar-refractivity contribution is 7.17. The van der Waals surface area contributed by atoms with Gasteiger partial charge in [0.05, 0.1) is 16.1 Å². The van der Waals surface area contributed by atoms with E-state index >= 15 is 0 Å². The molecule has 4 aliphatic rings. The number of carbonyl (C=O) groups excluding carboxylic acids is 3. The summed E-state index contributed by atoms with van der Waals surface area (Å²) in [5.41, 5.74) is 6.97. The van der Waals surface area contributed by atoms with Crippen LogP contribution in [-0.4, -0.2) is 55.4 Å². The standard InChI is InChI=1S/C44H40ClFN4O4S/c45-34-8-5-9-35(46)32(34)24-38(51)39-23-29-16-19-50(37-11-4-2-7-31(37)40(29)55-39)43(53)27-12-14-30(15-13-27)47-42(52)33-22-28-6-1-3-10-36(28)48-41(33)49-25-44(26-49)17-20-54-21-18-44/h2,4-5,7-9,11-15,22-23H,1,3,6,10,16-21,24-26H2,(H,47,52). The van der Waals surface area contributed by atoms with E-state index in [0.29, 0.717) is 34.7 Å². The summed E-state index contributed by atoms with van der Waals surface area (Å²) in [6, 6.07) is 23.1. The van der Waals surface area contributed by atoms with Crippen molar-refractivity contribution in [1.29, 1.82) is 0 Å². The molecule has 0 radical (unpaired) electrons. The quantitative estimate of drug-likeness (QED) is 0.166. The first-order chi connectivity index (χ1) is 26.7. The molecule has 0 unspecified atom stereocenters. The van der Waals surface area contributed by atoms with E-state index in [2.05, 4.69) is 10.2 Å². The molecule has 2 aromatic heterocycles. The molecule has 55 heavy (non-hydrogen) atoms. The number of thiophene rings is 1. The summed E-state index contributed by atoms with van der Waals surface area (Å²) in [6.07, 6.45) is 6.57. The first-order valence-electron chi connectivity index (χ1n) is 19.0. The van der Waals surface area contributed by atoms with Gasteiger partial charge in [0.1, 0.15) is 11.6 Å². The second-order valence-corrected chi connectivity index (χ2v) is 16.6. The molecular formula is C44H40ClFN4O4S. The fourth-order valence-electron chi connectivity index (χ4n) is 8.51. The number of halogens is 2. The lowest BCUT2D eigenvalue weighted by Gasteiger charge is -2.53. The number of benzene rings is 3. The van der Waals surface area contributed by atoms with Crippen molar-refractivity contribution in [3.63, 3.8) is 0 Å². The molecule has 1 aliphatic carbocycles. The number of aryl methyl sites for hydroxylation is 2. The van der Waals surface area contributed by atoms with Crippen molar-refractivity contribution in [2.45, 2.75) is 51.4 Å². The van der Waals surface area contributed by atoms with Crippen molar-refractivity contribution < 1.29 is 23.5 Å². The lowest BCUT2D eigenvalue weighted by atomic mass is 9.73. The van der Waals surface area contributed by atoms with Gasteiger partial charge in [-0.25, -0.2) is 9.37 Å². The number of Topliss-reactive ketones (excluding diaryl/α,β-unsaturated/α-hetero) is 1. The van der Waals surface area contributed by atoms with E-state index in [1.807, 2.05) is 36.4 Å². The molecule has 2 fully saturated rings. The third-order valence-electron chi connectivity index (χ3n) is 11.6. The molecule has 5 heterocycles. The molecule has 1 N–H and O–H groups in total. The number of ketones is 1. The highest BCUT2D eigenvalue weighted by Gasteiger charge is 2.45. The first-order valence-corrected chi connectivity index (χ1v) is 20.2. The van der Waals surface area contributed by atoms with Gasteiger partial charge in [-0.1, -0.05) is 35.9 Å². The molecular weight excluding hydrogens is 735 g/mol. The maximum Gasteiger partial charge on any atom is 0.259 e. The number of carbonyl (C=O) groups is 3. The lowest BCUT2D eigenvalue weighted by molar-refractivity contribution is -0.000525. The van der Waals surface area contributed by atoms with Crippen LogP contribution >= 0.6 is 22.9 Å². The molecule has 0 bridgehead atoms. The Bertz CT molecular complexity index is 2310. The fourth-order valence-corrected chi connectivity index (χ4v) is 9.92. The van der Waals surface area contributed by atoms with Crippen molar-refractivity contribution >= 4 is 57.7 Å². The van der Waals surface area contributed by atoms with Crippen LogP contribution in [0.2, 0.25) is 5.02 Å². The number of hydrogen-bond donors (Lipinski definition) is 1. The van der Waals surface area contributed by atoms with Crippen LogP contribution in [0.1, 0.15) is 78.5 Å². The van der Waals surface area contributed by atoms with E-state index in [1.165, 1.54) is 23.5 Å². The number of anilines is 3. The number of nitrogens with zero attached hydrogens (tertiary/aromatic N) is 3. The van der Waals surface area contributed by atoms with Crippen molar-refractivity contribution in [2.75, 3.05) is 48.0 Å². The summed E-state index contributed by atoms with van der Waals surface area (Å²) in [5.74, 6) is -0.301. The van der Waals surface area contributed by atoms with Crippen LogP contribution in [0.3, 0.4) is 0 Å². The zero-order valence-corrected chi connectivity index (χ0v) is 31.9. The van der Waals surface area contributed by atoms with Crippen LogP contribution < -0.4 is 15.1 Å². The van der Waals surface area contributed by atoms with E-state index in [0.717, 1.165) is 104 Å². The van der Waals surface area contributed by atoms with Crippen LogP contribution in [0.15, 0.2) is 78.9 Å². The summed E-state index contributed by atoms with van der Waals surface area (Å²) in [6.45, 7) is 3.75. The normalized spacial score (nSPS) is 17.1. The second-order valence-electron chi connectivity index (χ2n) is 15.2. The van der Waals surface area contributed by atoms with Gasteiger partial charge in [0.25, 0.3) is 11.8 Å². The number of pyridine rings is 1. The van der Waals surface area contributed by atoms with Gasteiger partial charge in [0.2, 0.25) is 0 Å². The van der Waals surface area contributed by atoms with Crippen LogP contribution in [0.4, 0.5) is 21.6 Å². The largest absolute Gasteiger partial charge is 0.381 e. The number of fused-ring (bicyclic) bond motifs is 4. The Morgan fingerprint density at radius 3 is 2.49 bits per heavy atom. The summed E-state index contributed by atoms with van der Waals surface area (Å²) in [5, 5.41) is 3.32. The molecule has 2 amide bonds. The molecule has 0 saturated carbocycles. The SMILES string of the molecule is O=C(Cc1c(F)cccc1Cl)c1cc2c(s1)-c1ccccc1N(C(=O)c1ccc(NC(=O)c3cc4c(nc3N3CC5(CCOCC5)C3)CCCC4)cc1)CC2. The molecule has 9 rings (SSSR count). The number of aromatic nitrogens is 1. The molecule has 3 aliphatic heterocycles. The Balaban J connectivity index is 0.920. The highest BCUT2D eigenvalue weighted by Crippen LogP contribution is 2.44. The van der Waals surface area contributed by atoms with Crippen molar-refractivity contribution in [3.05, 3.63) is 128 Å². The molecule has 1 spiro atoms. The van der Waals surface area contributed by atoms with E-state index in [1.54, 1.807) is 35.2 Å². The number of ether oxygens (including phenoxy) is 1. The third kappa shape index (κ3) is 6.85. The zero-order chi connectivity index (χ0) is 37.7. The predicted molar refractivity (Wildman–Crippen MR) is 215 cm³/mol. The smallest absolute Gasteiger partial charge is 0.259 e. The van der Waals surface area contributed by atoms with Gasteiger partial charge in [-0.15, -0.1) is 11.3 Å². The van der Waals surface area contributed by atoms with Crippen molar-refractivity contribution in [3.8, 4) is 10.4 Å². The predicted octanol–water partition coefficient (Wildman–Crippen LogP) is 8.98. The van der Waals surface area contributed by atoms with Gasteiger partial charge < -0.3 is 19.9 Å². The summed E-state index contributed by atoms with van der Waals surface area (Å²) < 4.78 is 20.1. The fraction of sp³-hybridized carbons (Fsp3) is 0.318. The van der Waals surface area contributed by atoms with Crippen LogP contribution in [0, 0.1) is 11.2 Å². The van der Waals surface area contributed by atoms with E-state index in [-0.39, 0.29) is 40.0 Å². The lowest BCUT2D eigenvalue weighted by Crippen LogP contribution is -2.59. The minimum atomic E-state index is -0.499. The Labute approximate surface area is 328 Å². The molecule has 3 aromatic carbocycles. The molecule has 11 heteroatoms. The summed E-state index contributed by atoms with van der Waals surface area (Å²) >= 11 is 7.58. The average molecular weight is 775 g/mol. The zero-order valence-electron chi connectivity index (χ0n) is 30.3. The van der Waals surface area contributed by atoms with Gasteiger partial charge in [-0.2, -0.15) is 0 Å². The van der Waals surface area contributed by atoms with E-state index < -0.39 is 5.82 Å². The van der Waals surface area contributed by atoms with Crippen LogP contribution in [0.25, 0.3) is 10.4 Å². The van der Waals surface area contributed by atoms with Gasteiger partial charge in [0.15, 0.2) is 5.78 Å². The topological polar surface area (TPSA) is 91.8 Å². The second kappa shape index (κ2) is 14.6. The van der Waals surface area contributed by atoms with Gasteiger partial charge in [-0.05, 0) is 111 Å². The Morgan fingerprint density at radius 1 is 0.909 bits per heavy atom. The van der Waals surface area contributed by atoms with Crippen LogP contribution in [-0.2, 0) is 30.4 Å². The molecule has 0 atom stereocenters. The Hall–Kier alpha value is -4.90. The van der Waals surface area contributed by atoms with Gasteiger partial charge >= 0.3 is 0 Å². The monoisotopic (exact) mass is 774 g/mol. The van der Waals surface area contributed by atoms with E-state index in [9.17, 15) is 18.8 Å². The van der Waals surface area contributed by atoms with Crippen LogP contribution in [0.5, 0.6) is 0 Å².